The molecule has 0 aliphatic carbocycles. The fourth-order valence-electron chi connectivity index (χ4n) is 4.70. The van der Waals surface area contributed by atoms with Crippen LogP contribution in [0.3, 0.4) is 0 Å². The topological polar surface area (TPSA) is 93.5 Å². The monoisotopic (exact) mass is 470 g/mol. The number of H-pyrrole nitrogens is 1. The van der Waals surface area contributed by atoms with Crippen molar-refractivity contribution in [3.63, 3.8) is 0 Å². The van der Waals surface area contributed by atoms with Gasteiger partial charge in [0.05, 0.1) is 12.7 Å². The van der Waals surface area contributed by atoms with E-state index >= 15 is 0 Å². The van der Waals surface area contributed by atoms with E-state index in [4.69, 9.17) is 9.47 Å². The number of nitrogens with one attached hydrogen (secondary N) is 1. The number of hydrogen-bond donors (Lipinski definition) is 2. The summed E-state index contributed by atoms with van der Waals surface area (Å²) in [5.74, 6) is 0. The van der Waals surface area contributed by atoms with E-state index in [0.717, 1.165) is 16.7 Å². The van der Waals surface area contributed by atoms with Gasteiger partial charge in [0, 0.05) is 18.7 Å². The zero-order valence-corrected chi connectivity index (χ0v) is 19.0. The maximum absolute atomic E-state index is 12.2. The SMILES string of the molecule is O=c1ccn([C@@H]2O[C@H](COC(c3ccccc3)(c3ccccc3)c3ccccc3)C[C@@H]2O)c(=O)[nH]1. The van der Waals surface area contributed by atoms with E-state index in [1.165, 1.54) is 16.8 Å². The predicted molar refractivity (Wildman–Crippen MR) is 131 cm³/mol. The summed E-state index contributed by atoms with van der Waals surface area (Å²) in [6.45, 7) is 0.171. The Hall–Kier alpha value is -3.78. The molecule has 4 aromatic rings. The molecule has 0 saturated carbocycles. The highest BCUT2D eigenvalue weighted by Gasteiger charge is 2.41. The molecule has 3 aromatic carbocycles. The highest BCUT2D eigenvalue weighted by Crippen LogP contribution is 2.41. The molecule has 0 radical (unpaired) electrons. The fraction of sp³-hybridized carbons (Fsp3) is 0.214. The first-order valence-corrected chi connectivity index (χ1v) is 11.5. The van der Waals surface area contributed by atoms with E-state index < -0.39 is 35.3 Å². The molecule has 1 aliphatic rings. The number of aromatic nitrogens is 2. The van der Waals surface area contributed by atoms with Gasteiger partial charge in [-0.25, -0.2) is 4.79 Å². The zero-order valence-electron chi connectivity index (χ0n) is 19.0. The Kier molecular flexibility index (Phi) is 6.46. The Morgan fingerprint density at radius 3 is 1.86 bits per heavy atom. The van der Waals surface area contributed by atoms with Crippen molar-refractivity contribution in [1.82, 2.24) is 9.55 Å². The zero-order chi connectivity index (χ0) is 24.3. The average Bonchev–Trinajstić information content (AvgIpc) is 3.26. The van der Waals surface area contributed by atoms with Crippen molar-refractivity contribution in [1.29, 1.82) is 0 Å². The summed E-state index contributed by atoms with van der Waals surface area (Å²) in [6.07, 6.45) is -0.686. The minimum atomic E-state index is -0.924. The van der Waals surface area contributed by atoms with Gasteiger partial charge < -0.3 is 14.6 Å². The maximum atomic E-state index is 12.2. The molecule has 35 heavy (non-hydrogen) atoms. The molecule has 0 unspecified atom stereocenters. The van der Waals surface area contributed by atoms with Gasteiger partial charge in [-0.1, -0.05) is 91.0 Å². The van der Waals surface area contributed by atoms with Crippen LogP contribution in [0, 0.1) is 0 Å². The van der Waals surface area contributed by atoms with Crippen LogP contribution < -0.4 is 11.2 Å². The summed E-state index contributed by atoms with van der Waals surface area (Å²) in [5, 5.41) is 10.7. The van der Waals surface area contributed by atoms with Crippen LogP contribution in [0.25, 0.3) is 0 Å². The average molecular weight is 471 g/mol. The highest BCUT2D eigenvalue weighted by molar-refractivity contribution is 5.47. The number of aromatic amines is 1. The van der Waals surface area contributed by atoms with Crippen molar-refractivity contribution in [3.05, 3.63) is 141 Å². The van der Waals surface area contributed by atoms with Gasteiger partial charge in [-0.2, -0.15) is 0 Å². The maximum Gasteiger partial charge on any atom is 0.330 e. The number of nitrogens with zero attached hydrogens (tertiary/aromatic N) is 1. The van der Waals surface area contributed by atoms with Crippen molar-refractivity contribution in [2.75, 3.05) is 6.61 Å². The third-order valence-electron chi connectivity index (χ3n) is 6.32. The second kappa shape index (κ2) is 9.84. The van der Waals surface area contributed by atoms with Crippen molar-refractivity contribution in [2.45, 2.75) is 30.5 Å². The normalized spacial score (nSPS) is 20.1. The van der Waals surface area contributed by atoms with Gasteiger partial charge in [0.15, 0.2) is 6.23 Å². The molecular weight excluding hydrogens is 444 g/mol. The molecule has 0 bridgehead atoms. The van der Waals surface area contributed by atoms with Crippen LogP contribution in [-0.4, -0.2) is 33.5 Å². The van der Waals surface area contributed by atoms with Gasteiger partial charge in [0.1, 0.15) is 11.7 Å². The van der Waals surface area contributed by atoms with Crippen LogP contribution in [0.4, 0.5) is 0 Å². The third kappa shape index (κ3) is 4.49. The van der Waals surface area contributed by atoms with Gasteiger partial charge in [-0.15, -0.1) is 0 Å². The molecule has 1 saturated heterocycles. The first kappa shape index (κ1) is 23.0. The quantitative estimate of drug-likeness (QED) is 0.405. The Bertz CT molecular complexity index is 1270. The van der Waals surface area contributed by atoms with Gasteiger partial charge >= 0.3 is 5.69 Å². The van der Waals surface area contributed by atoms with Crippen LogP contribution in [0.1, 0.15) is 29.3 Å². The minimum absolute atomic E-state index is 0.171. The Labute approximate surface area is 202 Å². The third-order valence-corrected chi connectivity index (χ3v) is 6.32. The lowest BCUT2D eigenvalue weighted by molar-refractivity contribution is -0.0875. The lowest BCUT2D eigenvalue weighted by Crippen LogP contribution is -2.36. The molecule has 178 valence electrons. The standard InChI is InChI=1S/C28H26N2O5/c31-24-18-23(35-26(24)30-17-16-25(32)29-27(30)33)19-34-28(20-10-4-1-5-11-20,21-12-6-2-7-13-21)22-14-8-3-9-15-22/h1-17,23-24,26,31H,18-19H2,(H,29,32,33)/t23-,24-,26+/m0/s1. The summed E-state index contributed by atoms with van der Waals surface area (Å²) in [6, 6.07) is 31.2. The van der Waals surface area contributed by atoms with E-state index in [9.17, 15) is 14.7 Å². The van der Waals surface area contributed by atoms with Crippen LogP contribution in [-0.2, 0) is 15.1 Å². The van der Waals surface area contributed by atoms with Crippen LogP contribution in [0.2, 0.25) is 0 Å². The molecule has 0 spiro atoms. The first-order valence-electron chi connectivity index (χ1n) is 11.5. The van der Waals surface area contributed by atoms with Crippen LogP contribution in [0.15, 0.2) is 113 Å². The molecule has 7 nitrogen and oxygen atoms in total. The summed E-state index contributed by atoms with van der Waals surface area (Å²) >= 11 is 0. The Morgan fingerprint density at radius 1 is 0.857 bits per heavy atom. The van der Waals surface area contributed by atoms with Crippen molar-refractivity contribution in [2.24, 2.45) is 0 Å². The molecule has 3 atom stereocenters. The van der Waals surface area contributed by atoms with Crippen molar-refractivity contribution < 1.29 is 14.6 Å². The second-order valence-electron chi connectivity index (χ2n) is 8.56. The van der Waals surface area contributed by atoms with Gasteiger partial charge in [0.25, 0.3) is 5.56 Å². The van der Waals surface area contributed by atoms with Gasteiger partial charge in [-0.3, -0.25) is 14.3 Å². The molecule has 2 heterocycles. The number of ether oxygens (including phenoxy) is 2. The molecule has 7 heteroatoms. The Morgan fingerprint density at radius 2 is 1.37 bits per heavy atom. The van der Waals surface area contributed by atoms with E-state index in [1.807, 2.05) is 91.0 Å². The summed E-state index contributed by atoms with van der Waals surface area (Å²) in [7, 11) is 0. The molecule has 1 aromatic heterocycles. The number of rotatable bonds is 7. The molecule has 2 N–H and O–H groups in total. The van der Waals surface area contributed by atoms with E-state index in [2.05, 4.69) is 4.98 Å². The largest absolute Gasteiger partial charge is 0.388 e. The lowest BCUT2D eigenvalue weighted by atomic mass is 9.80. The number of hydrogen-bond acceptors (Lipinski definition) is 5. The van der Waals surface area contributed by atoms with Crippen molar-refractivity contribution in [3.8, 4) is 0 Å². The van der Waals surface area contributed by atoms with Crippen LogP contribution >= 0.6 is 0 Å². The summed E-state index contributed by atoms with van der Waals surface area (Å²) < 4.78 is 14.0. The van der Waals surface area contributed by atoms with Crippen molar-refractivity contribution >= 4 is 0 Å². The molecule has 5 rings (SSSR count). The predicted octanol–water partition coefficient (Wildman–Crippen LogP) is 3.19. The van der Waals surface area contributed by atoms with E-state index in [1.54, 1.807) is 0 Å². The second-order valence-corrected chi connectivity index (χ2v) is 8.56. The molecule has 1 fully saturated rings. The Balaban J connectivity index is 1.49. The summed E-state index contributed by atoms with van der Waals surface area (Å²) in [4.78, 5) is 25.9. The number of aliphatic hydroxyl groups excluding tert-OH is 1. The lowest BCUT2D eigenvalue weighted by Gasteiger charge is -2.36. The van der Waals surface area contributed by atoms with Gasteiger partial charge in [-0.05, 0) is 16.7 Å². The smallest absolute Gasteiger partial charge is 0.330 e. The van der Waals surface area contributed by atoms with Gasteiger partial charge in [0.2, 0.25) is 0 Å². The fourth-order valence-corrected chi connectivity index (χ4v) is 4.70. The molecule has 1 aliphatic heterocycles. The highest BCUT2D eigenvalue weighted by atomic mass is 16.6. The van der Waals surface area contributed by atoms with E-state index in [0.29, 0.717) is 0 Å². The minimum Gasteiger partial charge on any atom is -0.388 e. The van der Waals surface area contributed by atoms with E-state index in [-0.39, 0.29) is 13.0 Å². The molecular formula is C28H26N2O5. The first-order chi connectivity index (χ1) is 17.1. The number of benzene rings is 3. The number of aliphatic hydroxyl groups is 1. The summed E-state index contributed by atoms with van der Waals surface area (Å²) in [5.41, 5.74) is 0.843. The van der Waals surface area contributed by atoms with Crippen LogP contribution in [0.5, 0.6) is 0 Å². The molecule has 0 amide bonds.